The molecule has 110 valence electrons. The van der Waals surface area contributed by atoms with E-state index < -0.39 is 23.8 Å². The average molecular weight is 283 g/mol. The Morgan fingerprint density at radius 3 is 2.60 bits per heavy atom. The topological polar surface area (TPSA) is 78.6 Å². The quantitative estimate of drug-likeness (QED) is 0.777. The molecule has 20 heavy (non-hydrogen) atoms. The van der Waals surface area contributed by atoms with Crippen LogP contribution in [0.15, 0.2) is 18.2 Å². The normalized spacial score (nSPS) is 11.8. The molecule has 1 unspecified atom stereocenters. The van der Waals surface area contributed by atoms with Crippen molar-refractivity contribution in [2.24, 2.45) is 5.73 Å². The number of hydrogen-bond donors (Lipinski definition) is 1. The molecule has 0 aliphatic heterocycles. The molecule has 0 spiro atoms. The number of carbonyl (C=O) groups is 2. The summed E-state index contributed by atoms with van der Waals surface area (Å²) in [5.74, 6) is -2.00. The zero-order chi connectivity index (χ0) is 15.1. The fourth-order valence-corrected chi connectivity index (χ4v) is 1.68. The van der Waals surface area contributed by atoms with Gasteiger partial charge in [-0.2, -0.15) is 0 Å². The van der Waals surface area contributed by atoms with Crippen LogP contribution in [0.2, 0.25) is 0 Å². The summed E-state index contributed by atoms with van der Waals surface area (Å²) in [5, 5.41) is 0. The standard InChI is InChI=1S/C14H18FNO4/c1-3-4-5-12(14(18)19-2)20-9-6-7-10(13(16)17)11(15)8-9/h6-8,12H,3-5H2,1-2H3,(H2,16,17). The first-order valence-electron chi connectivity index (χ1n) is 6.33. The Labute approximate surface area is 116 Å². The first kappa shape index (κ1) is 15.9. The maximum Gasteiger partial charge on any atom is 0.347 e. The van der Waals surface area contributed by atoms with Gasteiger partial charge < -0.3 is 15.2 Å². The molecule has 1 aromatic rings. The van der Waals surface area contributed by atoms with E-state index in [4.69, 9.17) is 10.5 Å². The van der Waals surface area contributed by atoms with Gasteiger partial charge in [0.25, 0.3) is 5.91 Å². The summed E-state index contributed by atoms with van der Waals surface area (Å²) in [6, 6.07) is 3.65. The Balaban J connectivity index is 2.85. The molecule has 0 radical (unpaired) electrons. The fraction of sp³-hybridized carbons (Fsp3) is 0.429. The van der Waals surface area contributed by atoms with E-state index in [2.05, 4.69) is 4.74 Å². The molecule has 1 amide bonds. The highest BCUT2D eigenvalue weighted by atomic mass is 19.1. The van der Waals surface area contributed by atoms with E-state index in [0.29, 0.717) is 6.42 Å². The molecule has 5 nitrogen and oxygen atoms in total. The van der Waals surface area contributed by atoms with E-state index in [1.807, 2.05) is 6.92 Å². The molecule has 0 aliphatic carbocycles. The van der Waals surface area contributed by atoms with Crippen LogP contribution in [0.3, 0.4) is 0 Å². The second-order valence-electron chi connectivity index (χ2n) is 4.28. The minimum Gasteiger partial charge on any atom is -0.479 e. The zero-order valence-corrected chi connectivity index (χ0v) is 11.5. The minimum absolute atomic E-state index is 0.152. The number of methoxy groups -OCH3 is 1. The summed E-state index contributed by atoms with van der Waals surface area (Å²) in [7, 11) is 1.27. The predicted molar refractivity (Wildman–Crippen MR) is 70.9 cm³/mol. The first-order chi connectivity index (χ1) is 9.49. The number of nitrogens with two attached hydrogens (primary N) is 1. The van der Waals surface area contributed by atoms with Gasteiger partial charge in [-0.1, -0.05) is 13.3 Å². The van der Waals surface area contributed by atoms with E-state index >= 15 is 0 Å². The van der Waals surface area contributed by atoms with Gasteiger partial charge >= 0.3 is 5.97 Å². The summed E-state index contributed by atoms with van der Waals surface area (Å²) < 4.78 is 23.6. The minimum atomic E-state index is -0.857. The van der Waals surface area contributed by atoms with Gasteiger partial charge in [0.05, 0.1) is 12.7 Å². The number of primary amides is 1. The van der Waals surface area contributed by atoms with Crippen molar-refractivity contribution in [1.82, 2.24) is 0 Å². The highest BCUT2D eigenvalue weighted by Gasteiger charge is 2.21. The Kier molecular flexibility index (Phi) is 5.96. The Hall–Kier alpha value is -2.11. The summed E-state index contributed by atoms with van der Waals surface area (Å²) in [4.78, 5) is 22.5. The van der Waals surface area contributed by atoms with Crippen LogP contribution < -0.4 is 10.5 Å². The van der Waals surface area contributed by atoms with E-state index in [1.54, 1.807) is 0 Å². The molecule has 2 N–H and O–H groups in total. The molecule has 0 heterocycles. The lowest BCUT2D eigenvalue weighted by molar-refractivity contribution is -0.149. The molecule has 0 saturated heterocycles. The SMILES string of the molecule is CCCCC(Oc1ccc(C(N)=O)c(F)c1)C(=O)OC. The van der Waals surface area contributed by atoms with Crippen LogP contribution in [0, 0.1) is 5.82 Å². The fourth-order valence-electron chi connectivity index (χ4n) is 1.68. The molecule has 0 aromatic heterocycles. The van der Waals surface area contributed by atoms with Crippen molar-refractivity contribution in [3.8, 4) is 5.75 Å². The van der Waals surface area contributed by atoms with Crippen molar-refractivity contribution in [2.75, 3.05) is 7.11 Å². The third kappa shape index (κ3) is 4.22. The predicted octanol–water partition coefficient (Wildman–Crippen LogP) is 2.04. The van der Waals surface area contributed by atoms with Gasteiger partial charge in [0.1, 0.15) is 11.6 Å². The summed E-state index contributed by atoms with van der Waals surface area (Å²) in [6.07, 6.45) is 1.36. The lowest BCUT2D eigenvalue weighted by Crippen LogP contribution is -2.28. The first-order valence-corrected chi connectivity index (χ1v) is 6.33. The van der Waals surface area contributed by atoms with Crippen molar-refractivity contribution in [3.05, 3.63) is 29.6 Å². The molecule has 6 heteroatoms. The summed E-state index contributed by atoms with van der Waals surface area (Å²) >= 11 is 0. The summed E-state index contributed by atoms with van der Waals surface area (Å²) in [6.45, 7) is 1.98. The lowest BCUT2D eigenvalue weighted by atomic mass is 10.1. The molecule has 0 saturated carbocycles. The smallest absolute Gasteiger partial charge is 0.347 e. The van der Waals surface area contributed by atoms with Crippen LogP contribution in [0.25, 0.3) is 0 Å². The number of benzene rings is 1. The van der Waals surface area contributed by atoms with E-state index in [0.717, 1.165) is 18.9 Å². The van der Waals surface area contributed by atoms with Crippen LogP contribution in [0.5, 0.6) is 5.75 Å². The molecule has 0 fully saturated rings. The third-order valence-electron chi connectivity index (χ3n) is 2.77. The van der Waals surface area contributed by atoms with E-state index in [1.165, 1.54) is 19.2 Å². The van der Waals surface area contributed by atoms with Crippen molar-refractivity contribution >= 4 is 11.9 Å². The Morgan fingerprint density at radius 1 is 1.40 bits per heavy atom. The zero-order valence-electron chi connectivity index (χ0n) is 11.5. The number of ether oxygens (including phenoxy) is 2. The number of amides is 1. The highest BCUT2D eigenvalue weighted by molar-refractivity contribution is 5.93. The third-order valence-corrected chi connectivity index (χ3v) is 2.77. The van der Waals surface area contributed by atoms with Gasteiger partial charge in [0, 0.05) is 6.07 Å². The monoisotopic (exact) mass is 283 g/mol. The molecule has 1 aromatic carbocycles. The molecule has 1 rings (SSSR count). The second kappa shape index (κ2) is 7.47. The van der Waals surface area contributed by atoms with Gasteiger partial charge in [0.15, 0.2) is 6.10 Å². The number of hydrogen-bond acceptors (Lipinski definition) is 4. The van der Waals surface area contributed by atoms with Crippen molar-refractivity contribution < 1.29 is 23.5 Å². The maximum atomic E-state index is 13.6. The number of rotatable bonds is 7. The van der Waals surface area contributed by atoms with Crippen LogP contribution in [-0.4, -0.2) is 25.1 Å². The average Bonchev–Trinajstić information content (AvgIpc) is 2.42. The highest BCUT2D eigenvalue weighted by Crippen LogP contribution is 2.19. The second-order valence-corrected chi connectivity index (χ2v) is 4.28. The van der Waals surface area contributed by atoms with Crippen LogP contribution in [0.1, 0.15) is 36.5 Å². The molecule has 0 bridgehead atoms. The van der Waals surface area contributed by atoms with E-state index in [-0.39, 0.29) is 11.3 Å². The largest absolute Gasteiger partial charge is 0.479 e. The van der Waals surface area contributed by atoms with Crippen LogP contribution >= 0.6 is 0 Å². The lowest BCUT2D eigenvalue weighted by Gasteiger charge is -2.17. The van der Waals surface area contributed by atoms with Gasteiger partial charge in [-0.05, 0) is 25.0 Å². The molecule has 0 aliphatic rings. The van der Waals surface area contributed by atoms with Gasteiger partial charge in [0.2, 0.25) is 0 Å². The Morgan fingerprint density at radius 2 is 2.10 bits per heavy atom. The van der Waals surface area contributed by atoms with Gasteiger partial charge in [-0.25, -0.2) is 9.18 Å². The van der Waals surface area contributed by atoms with Gasteiger partial charge in [-0.3, -0.25) is 4.79 Å². The molecular formula is C14H18FNO4. The number of esters is 1. The molecule has 1 atom stereocenters. The van der Waals surface area contributed by atoms with Crippen molar-refractivity contribution in [2.45, 2.75) is 32.3 Å². The maximum absolute atomic E-state index is 13.6. The summed E-state index contributed by atoms with van der Waals surface area (Å²) in [5.41, 5.74) is 4.79. The van der Waals surface area contributed by atoms with Gasteiger partial charge in [-0.15, -0.1) is 0 Å². The van der Waals surface area contributed by atoms with Crippen molar-refractivity contribution in [1.29, 1.82) is 0 Å². The number of unbranched alkanes of at least 4 members (excludes halogenated alkanes) is 1. The Bertz CT molecular complexity index is 490. The van der Waals surface area contributed by atoms with Crippen molar-refractivity contribution in [3.63, 3.8) is 0 Å². The molecular weight excluding hydrogens is 265 g/mol. The number of carbonyl (C=O) groups excluding carboxylic acids is 2. The van der Waals surface area contributed by atoms with Crippen LogP contribution in [-0.2, 0) is 9.53 Å². The number of halogens is 1. The van der Waals surface area contributed by atoms with Crippen LogP contribution in [0.4, 0.5) is 4.39 Å². The van der Waals surface area contributed by atoms with E-state index in [9.17, 15) is 14.0 Å².